The van der Waals surface area contributed by atoms with Crippen LogP contribution in [0.1, 0.15) is 105 Å². The van der Waals surface area contributed by atoms with Crippen LogP contribution in [0.15, 0.2) is 30.3 Å². The molecule has 2 rings (SSSR count). The monoisotopic (exact) mass is 685 g/mol. The molecular weight excluding hydrogens is 626 g/mol. The zero-order valence-corrected chi connectivity index (χ0v) is 30.4. The number of rotatable bonds is 12. The van der Waals surface area contributed by atoms with E-state index in [-0.39, 0.29) is 43.6 Å². The topological polar surface area (TPSA) is 172 Å². The van der Waals surface area contributed by atoms with Crippen LogP contribution in [0.5, 0.6) is 0 Å². The maximum absolute atomic E-state index is 13.8. The van der Waals surface area contributed by atoms with Crippen molar-refractivity contribution < 1.29 is 33.5 Å². The Morgan fingerprint density at radius 2 is 1.31 bits per heavy atom. The molecule has 1 heterocycles. The largest absolute Gasteiger partial charge is 0.460 e. The molecule has 0 aromatic heterocycles. The lowest BCUT2D eigenvalue weighted by molar-refractivity contribution is -0.157. The summed E-state index contributed by atoms with van der Waals surface area (Å²) in [5, 5.41) is 13.5. The Labute approximate surface area is 292 Å². The molecule has 0 aliphatic carbocycles. The molecule has 274 valence electrons. The number of nitrogens with one attached hydrogen (secondary N) is 5. The van der Waals surface area contributed by atoms with Crippen molar-refractivity contribution in [2.24, 2.45) is 17.8 Å². The number of hydrogen-bond donors (Lipinski definition) is 5. The van der Waals surface area contributed by atoms with Gasteiger partial charge in [-0.3, -0.25) is 24.0 Å². The minimum atomic E-state index is -1.11. The number of cyclic esters (lactones) is 1. The van der Waals surface area contributed by atoms with Crippen LogP contribution in [0.3, 0.4) is 0 Å². The average molecular weight is 686 g/mol. The molecule has 0 unspecified atom stereocenters. The van der Waals surface area contributed by atoms with Gasteiger partial charge in [-0.05, 0) is 49.5 Å². The van der Waals surface area contributed by atoms with Gasteiger partial charge in [0, 0.05) is 6.42 Å². The molecular formula is C37H59N5O7. The lowest BCUT2D eigenvalue weighted by Gasteiger charge is -2.28. The standard InChI is InChI=1S/C37H59N5O7/c1-8-9-10-12-15-25(6)31-21-32(43)38-22-33(44)40-28(18-23(2)3)36(47)41-29(19-24(4)5)35(46)39-26(7)34(45)42-30(37(48)49-31)20-27-16-13-11-14-17-27/h11,13-14,16-17,23-26,28-31H,8-10,12,15,18-22H2,1-7H3,(H,38,43)(H,39,46)(H,40,44)(H,41,47)(H,42,45)/t25-,26-,28+,29+,30-,31-/m0/s1. The van der Waals surface area contributed by atoms with Gasteiger partial charge in [0.15, 0.2) is 0 Å². The normalized spacial score (nSPS) is 24.4. The SMILES string of the molecule is CCCCCC[C@H](C)[C@@H]1CC(=O)NCC(=O)N[C@H](CC(C)C)C(=O)N[C@H](CC(C)C)C(=O)N[C@@H](C)C(=O)N[C@@H](Cc2ccccc2)C(=O)O1. The van der Waals surface area contributed by atoms with Gasteiger partial charge in [0.05, 0.1) is 13.0 Å². The van der Waals surface area contributed by atoms with Crippen LogP contribution in [0.2, 0.25) is 0 Å². The Hall–Kier alpha value is -3.96. The number of carbonyl (C=O) groups is 6. The molecule has 12 heteroatoms. The van der Waals surface area contributed by atoms with Crippen molar-refractivity contribution in [2.45, 2.75) is 137 Å². The highest BCUT2D eigenvalue weighted by molar-refractivity contribution is 5.95. The molecule has 12 nitrogen and oxygen atoms in total. The van der Waals surface area contributed by atoms with E-state index in [4.69, 9.17) is 4.74 Å². The molecule has 0 bridgehead atoms. The van der Waals surface area contributed by atoms with Gasteiger partial charge in [-0.2, -0.15) is 0 Å². The summed E-state index contributed by atoms with van der Waals surface area (Å²) in [6.45, 7) is 12.8. The van der Waals surface area contributed by atoms with Crippen LogP contribution in [-0.2, 0) is 39.9 Å². The minimum Gasteiger partial charge on any atom is -0.460 e. The highest BCUT2D eigenvalue weighted by Crippen LogP contribution is 2.21. The van der Waals surface area contributed by atoms with Gasteiger partial charge >= 0.3 is 5.97 Å². The summed E-state index contributed by atoms with van der Waals surface area (Å²) >= 11 is 0. The van der Waals surface area contributed by atoms with E-state index in [0.29, 0.717) is 12.8 Å². The van der Waals surface area contributed by atoms with Crippen molar-refractivity contribution in [3.8, 4) is 0 Å². The van der Waals surface area contributed by atoms with Gasteiger partial charge in [0.1, 0.15) is 30.3 Å². The van der Waals surface area contributed by atoms with E-state index in [1.165, 1.54) is 6.92 Å². The summed E-state index contributed by atoms with van der Waals surface area (Å²) in [4.78, 5) is 80.3. The molecule has 0 spiro atoms. The van der Waals surface area contributed by atoms with Gasteiger partial charge in [-0.25, -0.2) is 4.79 Å². The van der Waals surface area contributed by atoms with E-state index in [1.807, 2.05) is 65.0 Å². The van der Waals surface area contributed by atoms with Gasteiger partial charge in [-0.1, -0.05) is 97.6 Å². The molecule has 1 aromatic carbocycles. The molecule has 6 atom stereocenters. The van der Waals surface area contributed by atoms with Crippen LogP contribution >= 0.6 is 0 Å². The lowest BCUT2D eigenvalue weighted by Crippen LogP contribution is -2.58. The predicted molar refractivity (Wildman–Crippen MR) is 188 cm³/mol. The molecule has 0 radical (unpaired) electrons. The predicted octanol–water partition coefficient (Wildman–Crippen LogP) is 3.32. The summed E-state index contributed by atoms with van der Waals surface area (Å²) < 4.78 is 6.00. The number of unbranched alkanes of at least 4 members (excludes halogenated alkanes) is 3. The summed E-state index contributed by atoms with van der Waals surface area (Å²) in [6, 6.07) is 5.05. The zero-order valence-electron chi connectivity index (χ0n) is 30.4. The molecule has 1 aliphatic heterocycles. The molecule has 1 saturated heterocycles. The number of benzene rings is 1. The molecule has 1 aromatic rings. The molecule has 5 amide bonds. The van der Waals surface area contributed by atoms with E-state index < -0.39 is 65.8 Å². The molecule has 1 fully saturated rings. The van der Waals surface area contributed by atoms with Crippen LogP contribution in [-0.4, -0.2) is 72.3 Å². The molecule has 0 saturated carbocycles. The van der Waals surface area contributed by atoms with Crippen LogP contribution < -0.4 is 26.6 Å². The minimum absolute atomic E-state index is 0.0159. The number of amides is 5. The Morgan fingerprint density at radius 3 is 1.92 bits per heavy atom. The van der Waals surface area contributed by atoms with Gasteiger partial charge < -0.3 is 31.3 Å². The second kappa shape index (κ2) is 21.2. The van der Waals surface area contributed by atoms with E-state index >= 15 is 0 Å². The number of ether oxygens (including phenoxy) is 1. The summed E-state index contributed by atoms with van der Waals surface area (Å²) in [6.07, 6.45) is 4.46. The third kappa shape index (κ3) is 15.4. The fourth-order valence-electron chi connectivity index (χ4n) is 5.75. The molecule has 49 heavy (non-hydrogen) atoms. The first-order chi connectivity index (χ1) is 23.2. The average Bonchev–Trinajstić information content (AvgIpc) is 3.03. The summed E-state index contributed by atoms with van der Waals surface area (Å²) in [7, 11) is 0. The Kier molecular flexibility index (Phi) is 17.8. The van der Waals surface area contributed by atoms with Crippen LogP contribution in [0, 0.1) is 17.8 Å². The van der Waals surface area contributed by atoms with Crippen molar-refractivity contribution in [3.63, 3.8) is 0 Å². The van der Waals surface area contributed by atoms with Crippen LogP contribution in [0.4, 0.5) is 0 Å². The van der Waals surface area contributed by atoms with E-state index in [9.17, 15) is 28.8 Å². The van der Waals surface area contributed by atoms with E-state index in [2.05, 4.69) is 33.5 Å². The first-order valence-corrected chi connectivity index (χ1v) is 17.9. The molecule has 1 aliphatic rings. The quantitative estimate of drug-likeness (QED) is 0.166. The summed E-state index contributed by atoms with van der Waals surface area (Å²) in [5.41, 5.74) is 0.781. The van der Waals surface area contributed by atoms with Crippen molar-refractivity contribution in [2.75, 3.05) is 6.54 Å². The first kappa shape index (κ1) is 41.2. The zero-order chi connectivity index (χ0) is 36.5. The Bertz CT molecular complexity index is 1240. The second-order valence-corrected chi connectivity index (χ2v) is 14.2. The number of esters is 1. The van der Waals surface area contributed by atoms with E-state index in [1.54, 1.807) is 0 Å². The van der Waals surface area contributed by atoms with Gasteiger partial charge in [0.2, 0.25) is 29.5 Å². The Morgan fingerprint density at radius 1 is 0.714 bits per heavy atom. The van der Waals surface area contributed by atoms with Crippen LogP contribution in [0.25, 0.3) is 0 Å². The van der Waals surface area contributed by atoms with Crippen molar-refractivity contribution in [3.05, 3.63) is 35.9 Å². The fraction of sp³-hybridized carbons (Fsp3) is 0.676. The highest BCUT2D eigenvalue weighted by atomic mass is 16.5. The third-order valence-electron chi connectivity index (χ3n) is 8.58. The van der Waals surface area contributed by atoms with Gasteiger partial charge in [0.25, 0.3) is 0 Å². The maximum Gasteiger partial charge on any atom is 0.329 e. The third-order valence-corrected chi connectivity index (χ3v) is 8.58. The second-order valence-electron chi connectivity index (χ2n) is 14.2. The lowest BCUT2D eigenvalue weighted by atomic mass is 9.94. The Balaban J connectivity index is 2.46. The van der Waals surface area contributed by atoms with Gasteiger partial charge in [-0.15, -0.1) is 0 Å². The smallest absolute Gasteiger partial charge is 0.329 e. The summed E-state index contributed by atoms with van der Waals surface area (Å²) in [5.74, 6) is -3.60. The number of hydrogen-bond acceptors (Lipinski definition) is 7. The molecule has 5 N–H and O–H groups in total. The van der Waals surface area contributed by atoms with Crippen molar-refractivity contribution in [1.29, 1.82) is 0 Å². The highest BCUT2D eigenvalue weighted by Gasteiger charge is 2.33. The number of carbonyl (C=O) groups excluding carboxylic acids is 6. The first-order valence-electron chi connectivity index (χ1n) is 17.9. The van der Waals surface area contributed by atoms with Crippen molar-refractivity contribution in [1.82, 2.24) is 26.6 Å². The van der Waals surface area contributed by atoms with E-state index in [0.717, 1.165) is 31.2 Å². The fourth-order valence-corrected chi connectivity index (χ4v) is 5.75. The van der Waals surface area contributed by atoms with Crippen molar-refractivity contribution >= 4 is 35.5 Å². The maximum atomic E-state index is 13.8.